The molecule has 0 saturated carbocycles. The molecule has 2 rings (SSSR count). The van der Waals surface area contributed by atoms with Gasteiger partial charge in [0.25, 0.3) is 5.91 Å². The average Bonchev–Trinajstić information content (AvgIpc) is 2.54. The van der Waals surface area contributed by atoms with Crippen LogP contribution in [0.4, 0.5) is 0 Å². The second-order valence-electron chi connectivity index (χ2n) is 4.50. The molecule has 0 aromatic heterocycles. The number of benzene rings is 2. The third kappa shape index (κ3) is 5.16. The summed E-state index contributed by atoms with van der Waals surface area (Å²) in [6.45, 7) is -0.407. The van der Waals surface area contributed by atoms with Crippen molar-refractivity contribution in [1.82, 2.24) is 5.43 Å². The number of hydrogen-bond donors (Lipinski definition) is 3. The fourth-order valence-electron chi connectivity index (χ4n) is 1.64. The molecule has 0 saturated heterocycles. The minimum Gasteiger partial charge on any atom is -0.508 e. The average molecular weight is 314 g/mol. The normalized spacial score (nSPS) is 10.4. The Labute approximate surface area is 131 Å². The summed E-state index contributed by atoms with van der Waals surface area (Å²) in [5.41, 5.74) is 3.44. The van der Waals surface area contributed by atoms with Gasteiger partial charge in [-0.2, -0.15) is 5.10 Å². The molecular formula is C16H14N2O5. The molecule has 7 heteroatoms. The number of amides is 1. The van der Waals surface area contributed by atoms with Crippen molar-refractivity contribution in [3.63, 3.8) is 0 Å². The molecule has 0 aliphatic rings. The maximum atomic E-state index is 11.8. The van der Waals surface area contributed by atoms with E-state index in [1.54, 1.807) is 24.3 Å². The van der Waals surface area contributed by atoms with E-state index in [2.05, 4.69) is 10.5 Å². The molecule has 0 atom stereocenters. The number of carbonyl (C=O) groups excluding carboxylic acids is 1. The molecule has 0 unspecified atom stereocenters. The highest BCUT2D eigenvalue weighted by atomic mass is 16.5. The number of carboxylic acids is 1. The predicted octanol–water partition coefficient (Wildman–Crippen LogP) is 1.62. The van der Waals surface area contributed by atoms with E-state index >= 15 is 0 Å². The van der Waals surface area contributed by atoms with Crippen LogP contribution < -0.4 is 10.2 Å². The fourth-order valence-corrected chi connectivity index (χ4v) is 1.64. The highest BCUT2D eigenvalue weighted by Gasteiger charge is 2.03. The van der Waals surface area contributed by atoms with Crippen molar-refractivity contribution in [3.05, 3.63) is 59.7 Å². The van der Waals surface area contributed by atoms with Gasteiger partial charge in [0, 0.05) is 5.56 Å². The first-order chi connectivity index (χ1) is 11.0. The Bertz CT molecular complexity index is 708. The number of carbonyl (C=O) groups is 2. The molecule has 7 nitrogen and oxygen atoms in total. The number of nitrogens with one attached hydrogen (secondary N) is 1. The minimum absolute atomic E-state index is 0.0789. The summed E-state index contributed by atoms with van der Waals surface area (Å²) in [4.78, 5) is 22.1. The van der Waals surface area contributed by atoms with Gasteiger partial charge in [0.15, 0.2) is 6.61 Å². The number of hydrogen-bond acceptors (Lipinski definition) is 5. The molecule has 0 radical (unpaired) electrons. The Kier molecular flexibility index (Phi) is 5.30. The van der Waals surface area contributed by atoms with Crippen molar-refractivity contribution in [1.29, 1.82) is 0 Å². The van der Waals surface area contributed by atoms with Crippen molar-refractivity contribution in [2.24, 2.45) is 5.10 Å². The van der Waals surface area contributed by atoms with Crippen LogP contribution in [0.1, 0.15) is 15.9 Å². The van der Waals surface area contributed by atoms with Crippen LogP contribution in [0.15, 0.2) is 53.6 Å². The number of phenols is 1. The maximum absolute atomic E-state index is 11.8. The molecule has 2 aromatic carbocycles. The zero-order valence-corrected chi connectivity index (χ0v) is 12.0. The number of nitrogens with zero attached hydrogens (tertiary/aromatic N) is 1. The number of aliphatic carboxylic acids is 1. The van der Waals surface area contributed by atoms with E-state index in [9.17, 15) is 9.59 Å². The molecule has 0 bridgehead atoms. The standard InChI is InChI=1S/C16H14N2O5/c19-13-5-3-12(4-6-13)16(22)18-17-9-11-1-7-14(8-2-11)23-10-15(20)21/h1-9,19H,10H2,(H,18,22)(H,20,21)/b17-9-. The molecule has 3 N–H and O–H groups in total. The van der Waals surface area contributed by atoms with Crippen LogP contribution in [-0.4, -0.2) is 34.9 Å². The Morgan fingerprint density at radius 3 is 2.35 bits per heavy atom. The molecule has 118 valence electrons. The summed E-state index contributed by atoms with van der Waals surface area (Å²) in [5.74, 6) is -0.941. The SMILES string of the molecule is O=C(O)COc1ccc(/C=N\NC(=O)c2ccc(O)cc2)cc1. The van der Waals surface area contributed by atoms with Gasteiger partial charge in [-0.05, 0) is 54.1 Å². The van der Waals surface area contributed by atoms with Crippen LogP contribution in [0.2, 0.25) is 0 Å². The Balaban J connectivity index is 1.88. The molecular weight excluding hydrogens is 300 g/mol. The first-order valence-corrected chi connectivity index (χ1v) is 6.62. The first-order valence-electron chi connectivity index (χ1n) is 6.62. The largest absolute Gasteiger partial charge is 0.508 e. The van der Waals surface area contributed by atoms with Crippen molar-refractivity contribution in [2.75, 3.05) is 6.61 Å². The number of rotatable bonds is 6. The predicted molar refractivity (Wildman–Crippen MR) is 82.7 cm³/mol. The highest BCUT2D eigenvalue weighted by molar-refractivity contribution is 5.94. The van der Waals surface area contributed by atoms with Crippen molar-refractivity contribution in [2.45, 2.75) is 0 Å². The van der Waals surface area contributed by atoms with Crippen LogP contribution in [0.5, 0.6) is 11.5 Å². The van der Waals surface area contributed by atoms with Crippen LogP contribution in [-0.2, 0) is 4.79 Å². The Morgan fingerprint density at radius 1 is 1.09 bits per heavy atom. The quantitative estimate of drug-likeness (QED) is 0.554. The van der Waals surface area contributed by atoms with Gasteiger partial charge in [-0.25, -0.2) is 10.2 Å². The fraction of sp³-hybridized carbons (Fsp3) is 0.0625. The lowest BCUT2D eigenvalue weighted by Gasteiger charge is -2.03. The topological polar surface area (TPSA) is 108 Å². The lowest BCUT2D eigenvalue weighted by atomic mass is 10.2. The summed E-state index contributed by atoms with van der Waals surface area (Å²) >= 11 is 0. The van der Waals surface area contributed by atoms with Gasteiger partial charge in [0.2, 0.25) is 0 Å². The second kappa shape index (κ2) is 7.60. The molecule has 1 amide bonds. The summed E-state index contributed by atoms with van der Waals surface area (Å²) in [6.07, 6.45) is 1.44. The number of aromatic hydroxyl groups is 1. The number of carboxylic acid groups (broad SMARTS) is 1. The van der Waals surface area contributed by atoms with Crippen LogP contribution in [0, 0.1) is 0 Å². The van der Waals surface area contributed by atoms with Crippen LogP contribution in [0.3, 0.4) is 0 Å². The van der Waals surface area contributed by atoms with E-state index in [0.29, 0.717) is 16.9 Å². The molecule has 0 spiro atoms. The van der Waals surface area contributed by atoms with Crippen molar-refractivity contribution >= 4 is 18.1 Å². The van der Waals surface area contributed by atoms with Gasteiger partial charge in [0.1, 0.15) is 11.5 Å². The van der Waals surface area contributed by atoms with Crippen LogP contribution in [0.25, 0.3) is 0 Å². The van der Waals surface area contributed by atoms with E-state index in [4.69, 9.17) is 14.9 Å². The summed E-state index contributed by atoms with van der Waals surface area (Å²) in [7, 11) is 0. The Hall–Kier alpha value is -3.35. The summed E-state index contributed by atoms with van der Waals surface area (Å²) in [5, 5.41) is 21.5. The number of ether oxygens (including phenoxy) is 1. The number of hydrazone groups is 1. The van der Waals surface area contributed by atoms with E-state index in [1.807, 2.05) is 0 Å². The molecule has 0 heterocycles. The van der Waals surface area contributed by atoms with Crippen molar-refractivity contribution < 1.29 is 24.5 Å². The van der Waals surface area contributed by atoms with Gasteiger partial charge in [-0.3, -0.25) is 4.79 Å². The summed E-state index contributed by atoms with van der Waals surface area (Å²) in [6, 6.07) is 12.3. The number of phenolic OH excluding ortho intramolecular Hbond substituents is 1. The lowest BCUT2D eigenvalue weighted by Crippen LogP contribution is -2.17. The lowest BCUT2D eigenvalue weighted by molar-refractivity contribution is -0.139. The zero-order chi connectivity index (χ0) is 16.7. The summed E-state index contributed by atoms with van der Waals surface area (Å²) < 4.78 is 5.00. The molecule has 2 aromatic rings. The Morgan fingerprint density at radius 2 is 1.74 bits per heavy atom. The van der Waals surface area contributed by atoms with Crippen molar-refractivity contribution in [3.8, 4) is 11.5 Å². The van der Waals surface area contributed by atoms with Gasteiger partial charge in [-0.1, -0.05) is 0 Å². The zero-order valence-electron chi connectivity index (χ0n) is 12.0. The molecule has 0 aliphatic heterocycles. The van der Waals surface area contributed by atoms with Crippen LogP contribution >= 0.6 is 0 Å². The third-order valence-electron chi connectivity index (χ3n) is 2.75. The van der Waals surface area contributed by atoms with E-state index < -0.39 is 18.5 Å². The molecule has 23 heavy (non-hydrogen) atoms. The smallest absolute Gasteiger partial charge is 0.341 e. The third-order valence-corrected chi connectivity index (χ3v) is 2.75. The van der Waals surface area contributed by atoms with Gasteiger partial charge in [0.05, 0.1) is 6.21 Å². The molecule has 0 fully saturated rings. The monoisotopic (exact) mass is 314 g/mol. The van der Waals surface area contributed by atoms with E-state index in [1.165, 1.54) is 30.5 Å². The van der Waals surface area contributed by atoms with E-state index in [0.717, 1.165) is 0 Å². The minimum atomic E-state index is -1.05. The first kappa shape index (κ1) is 16.0. The van der Waals surface area contributed by atoms with Gasteiger partial charge < -0.3 is 14.9 Å². The highest BCUT2D eigenvalue weighted by Crippen LogP contribution is 2.11. The molecule has 0 aliphatic carbocycles. The second-order valence-corrected chi connectivity index (χ2v) is 4.50. The maximum Gasteiger partial charge on any atom is 0.341 e. The van der Waals surface area contributed by atoms with Gasteiger partial charge >= 0.3 is 5.97 Å². The van der Waals surface area contributed by atoms with E-state index in [-0.39, 0.29) is 5.75 Å². The van der Waals surface area contributed by atoms with Gasteiger partial charge in [-0.15, -0.1) is 0 Å².